The van der Waals surface area contributed by atoms with Crippen LogP contribution in [0, 0.1) is 13.8 Å². The summed E-state index contributed by atoms with van der Waals surface area (Å²) in [6.07, 6.45) is 6.98. The van der Waals surface area contributed by atoms with Gasteiger partial charge in [-0.25, -0.2) is 0 Å². The lowest BCUT2D eigenvalue weighted by atomic mass is 9.34. The second-order valence-electron chi connectivity index (χ2n) is 16.0. The van der Waals surface area contributed by atoms with E-state index in [2.05, 4.69) is 150 Å². The Morgan fingerprint density at radius 2 is 1.09 bits per heavy atom. The Kier molecular flexibility index (Phi) is 4.64. The van der Waals surface area contributed by atoms with Gasteiger partial charge in [-0.05, 0) is 98.5 Å². The van der Waals surface area contributed by atoms with Gasteiger partial charge in [0.1, 0.15) is 0 Å². The van der Waals surface area contributed by atoms with Gasteiger partial charge in [-0.15, -0.1) is 0 Å². The molecule has 0 unspecified atom stereocenters. The third-order valence-electron chi connectivity index (χ3n) is 13.4. The van der Waals surface area contributed by atoms with Crippen LogP contribution in [0.2, 0.25) is 0 Å². The van der Waals surface area contributed by atoms with Crippen molar-refractivity contribution in [3.05, 3.63) is 144 Å². The first-order chi connectivity index (χ1) is 26.2. The van der Waals surface area contributed by atoms with Crippen molar-refractivity contribution in [1.29, 1.82) is 0 Å². The van der Waals surface area contributed by atoms with E-state index in [0.29, 0.717) is 0 Å². The summed E-state index contributed by atoms with van der Waals surface area (Å²) in [5.74, 6) is 0. The lowest BCUT2D eigenvalue weighted by molar-refractivity contribution is 0.970. The summed E-state index contributed by atoms with van der Waals surface area (Å²) in [5, 5.41) is 17.7. The number of para-hydroxylation sites is 3. The molecule has 2 aromatic heterocycles. The van der Waals surface area contributed by atoms with E-state index >= 15 is 0 Å². The van der Waals surface area contributed by atoms with Crippen LogP contribution in [0.3, 0.4) is 0 Å². The molecule has 2 aliphatic heterocycles. The highest BCUT2D eigenvalue weighted by Crippen LogP contribution is 2.52. The predicted octanol–water partition coefficient (Wildman–Crippen LogP) is 10.7. The zero-order valence-electron chi connectivity index (χ0n) is 29.5. The van der Waals surface area contributed by atoms with Crippen LogP contribution in [0.1, 0.15) is 28.8 Å². The Balaban J connectivity index is 1.42. The number of aromatic nitrogens is 2. The first kappa shape index (κ1) is 27.4. The number of rotatable bonds is 0. The molecule has 0 atom stereocenters. The third kappa shape index (κ3) is 2.96. The average Bonchev–Trinajstić information content (AvgIpc) is 3.71. The summed E-state index contributed by atoms with van der Waals surface area (Å²) in [7, 11) is 0. The van der Waals surface area contributed by atoms with Crippen molar-refractivity contribution >= 4 is 116 Å². The van der Waals surface area contributed by atoms with E-state index in [1.54, 1.807) is 0 Å². The summed E-state index contributed by atoms with van der Waals surface area (Å²) >= 11 is 0. The average molecular weight is 671 g/mol. The third-order valence-corrected chi connectivity index (χ3v) is 13.4. The van der Waals surface area contributed by atoms with E-state index in [4.69, 9.17) is 0 Å². The van der Waals surface area contributed by atoms with Crippen LogP contribution in [0.5, 0.6) is 0 Å². The number of benzene rings is 9. The second kappa shape index (κ2) is 9.00. The fraction of sp³-hybridized carbons (Fsp3) is 0.0800. The molecule has 0 N–H and O–H groups in total. The summed E-state index contributed by atoms with van der Waals surface area (Å²) in [5.41, 5.74) is 16.5. The van der Waals surface area contributed by atoms with Gasteiger partial charge in [-0.2, -0.15) is 0 Å². The van der Waals surface area contributed by atoms with Gasteiger partial charge < -0.3 is 9.13 Å². The highest BCUT2D eigenvalue weighted by atomic mass is 15.0. The SMILES string of the molecule is Cc1ccc2c(c1)c1c3c4c(c5c6cc(C)ccc6c6cccc2c6c15)-n1c2ccccc2c2cccc(c21)B4c1cccc2c4c(n-3c12)C=CCC4. The zero-order valence-corrected chi connectivity index (χ0v) is 29.5. The quantitative estimate of drug-likeness (QED) is 0.0864. The lowest BCUT2D eigenvalue weighted by Gasteiger charge is -2.37. The fourth-order valence-electron chi connectivity index (χ4n) is 11.5. The summed E-state index contributed by atoms with van der Waals surface area (Å²) in [6.45, 7) is 4.61. The summed E-state index contributed by atoms with van der Waals surface area (Å²) in [6, 6.07) is 44.8. The minimum atomic E-state index is 0.0960. The predicted molar refractivity (Wildman–Crippen MR) is 228 cm³/mol. The first-order valence-electron chi connectivity index (χ1n) is 19.1. The molecule has 3 aliphatic rings. The molecule has 14 rings (SSSR count). The molecule has 0 saturated heterocycles. The van der Waals surface area contributed by atoms with Crippen molar-refractivity contribution < 1.29 is 0 Å². The molecule has 2 nitrogen and oxygen atoms in total. The van der Waals surface area contributed by atoms with E-state index in [-0.39, 0.29) is 6.71 Å². The number of fused-ring (bicyclic) bond motifs is 18. The smallest absolute Gasteiger partial charge is 0.252 e. The van der Waals surface area contributed by atoms with Crippen LogP contribution >= 0.6 is 0 Å². The van der Waals surface area contributed by atoms with Crippen molar-refractivity contribution in [3.8, 4) is 11.4 Å². The summed E-state index contributed by atoms with van der Waals surface area (Å²) < 4.78 is 5.41. The molecule has 0 bridgehead atoms. The number of aryl methyl sites for hydroxylation is 3. The largest absolute Gasteiger partial charge is 0.310 e. The Labute approximate surface area is 305 Å². The number of hydrogen-bond acceptors (Lipinski definition) is 0. The van der Waals surface area contributed by atoms with E-state index in [1.807, 2.05) is 0 Å². The molecule has 0 fully saturated rings. The van der Waals surface area contributed by atoms with Crippen molar-refractivity contribution in [2.24, 2.45) is 0 Å². The van der Waals surface area contributed by atoms with Gasteiger partial charge in [0.05, 0.1) is 16.9 Å². The Hall–Kier alpha value is -6.32. The minimum Gasteiger partial charge on any atom is -0.310 e. The molecular weight excluding hydrogens is 639 g/mol. The summed E-state index contributed by atoms with van der Waals surface area (Å²) in [4.78, 5) is 0. The van der Waals surface area contributed by atoms with Crippen molar-refractivity contribution in [2.45, 2.75) is 26.7 Å². The van der Waals surface area contributed by atoms with Gasteiger partial charge in [-0.1, -0.05) is 126 Å². The molecule has 0 saturated carbocycles. The maximum Gasteiger partial charge on any atom is 0.252 e. The molecule has 0 radical (unpaired) electrons. The monoisotopic (exact) mass is 670 g/mol. The van der Waals surface area contributed by atoms with Crippen molar-refractivity contribution in [2.75, 3.05) is 0 Å². The minimum absolute atomic E-state index is 0.0960. The normalized spacial score (nSPS) is 14.3. The van der Waals surface area contributed by atoms with Gasteiger partial charge in [0.2, 0.25) is 0 Å². The molecule has 0 spiro atoms. The Bertz CT molecular complexity index is 3580. The molecule has 4 heterocycles. The van der Waals surface area contributed by atoms with Gasteiger partial charge in [0.15, 0.2) is 0 Å². The topological polar surface area (TPSA) is 9.86 Å². The molecule has 244 valence electrons. The van der Waals surface area contributed by atoms with Crippen molar-refractivity contribution in [3.63, 3.8) is 0 Å². The van der Waals surface area contributed by atoms with Crippen LogP contribution < -0.4 is 16.4 Å². The molecule has 0 amide bonds. The van der Waals surface area contributed by atoms with Crippen LogP contribution in [0.15, 0.2) is 121 Å². The number of hydrogen-bond donors (Lipinski definition) is 0. The van der Waals surface area contributed by atoms with Crippen LogP contribution in [0.25, 0.3) is 104 Å². The maximum absolute atomic E-state index is 2.73. The second-order valence-corrected chi connectivity index (χ2v) is 16.0. The van der Waals surface area contributed by atoms with E-state index in [9.17, 15) is 0 Å². The van der Waals surface area contributed by atoms with Crippen LogP contribution in [0.4, 0.5) is 0 Å². The molecule has 9 aromatic carbocycles. The molecule has 53 heavy (non-hydrogen) atoms. The first-order valence-corrected chi connectivity index (χ1v) is 19.1. The van der Waals surface area contributed by atoms with E-state index in [1.165, 1.54) is 137 Å². The Morgan fingerprint density at radius 1 is 0.491 bits per heavy atom. The van der Waals surface area contributed by atoms with Crippen molar-refractivity contribution in [1.82, 2.24) is 9.13 Å². The highest BCUT2D eigenvalue weighted by molar-refractivity contribution is 7.00. The molecular formula is C50H31BN2. The van der Waals surface area contributed by atoms with Crippen LogP contribution in [-0.2, 0) is 6.42 Å². The highest BCUT2D eigenvalue weighted by Gasteiger charge is 2.44. The van der Waals surface area contributed by atoms with E-state index < -0.39 is 0 Å². The van der Waals surface area contributed by atoms with Crippen LogP contribution in [-0.4, -0.2) is 15.8 Å². The fourth-order valence-corrected chi connectivity index (χ4v) is 11.5. The maximum atomic E-state index is 2.73. The molecule has 1 aliphatic carbocycles. The van der Waals surface area contributed by atoms with Gasteiger partial charge >= 0.3 is 0 Å². The Morgan fingerprint density at radius 3 is 1.83 bits per heavy atom. The molecule has 3 heteroatoms. The standard InChI is InChI=1S/C50H31BN2/c1-26-20-22-28-32-12-7-13-33-29-23-21-27(2)25-37(29)44-45(42(32)33)43(36(28)24-26)49-46-50(44)53-41-19-6-4-11-31(41)35-15-9-17-39(48(35)53)51(46)38-16-8-14-34-30-10-3-5-18-40(30)52(49)47(34)38/h3,5-10,12-25H,4,11H2,1-2H3. The molecule has 11 aromatic rings. The number of nitrogens with zero attached hydrogens (tertiary/aromatic N) is 2. The van der Waals surface area contributed by atoms with E-state index in [0.717, 1.165) is 12.8 Å². The van der Waals surface area contributed by atoms with Gasteiger partial charge in [-0.3, -0.25) is 0 Å². The lowest BCUT2D eigenvalue weighted by Crippen LogP contribution is -2.59. The zero-order chi connectivity index (χ0) is 34.4. The number of allylic oxidation sites excluding steroid dienone is 1. The van der Waals surface area contributed by atoms with Gasteiger partial charge in [0.25, 0.3) is 6.71 Å². The van der Waals surface area contributed by atoms with Gasteiger partial charge in [0, 0.05) is 49.0 Å².